The summed E-state index contributed by atoms with van der Waals surface area (Å²) in [4.78, 5) is 4.30. The molecule has 0 aliphatic heterocycles. The van der Waals surface area contributed by atoms with E-state index in [-0.39, 0.29) is 11.4 Å². The molecule has 0 aliphatic carbocycles. The molecule has 21 heavy (non-hydrogen) atoms. The number of ether oxygens (including phenoxy) is 1. The molecule has 0 unspecified atom stereocenters. The van der Waals surface area contributed by atoms with Crippen molar-refractivity contribution >= 4 is 26.0 Å². The van der Waals surface area contributed by atoms with Gasteiger partial charge in [-0.05, 0) is 31.2 Å². The molecular weight excluding hydrogens is 356 g/mol. The van der Waals surface area contributed by atoms with Crippen LogP contribution >= 0.6 is 15.9 Å². The van der Waals surface area contributed by atoms with Crippen molar-refractivity contribution in [1.82, 2.24) is 9.71 Å². The molecule has 1 N–H and O–H groups in total. The summed E-state index contributed by atoms with van der Waals surface area (Å²) < 4.78 is 33.1. The molecule has 2 aromatic rings. The lowest BCUT2D eigenvalue weighted by molar-refractivity contribution is 0.322. The molecule has 1 aromatic heterocycles. The van der Waals surface area contributed by atoms with Gasteiger partial charge in [-0.15, -0.1) is 0 Å². The molecule has 0 bridgehead atoms. The van der Waals surface area contributed by atoms with Gasteiger partial charge in [-0.1, -0.05) is 28.1 Å². The van der Waals surface area contributed by atoms with Gasteiger partial charge in [-0.2, -0.15) is 0 Å². The van der Waals surface area contributed by atoms with E-state index in [4.69, 9.17) is 4.74 Å². The average Bonchev–Trinajstić information content (AvgIpc) is 2.47. The predicted molar refractivity (Wildman–Crippen MR) is 83.6 cm³/mol. The third-order valence-electron chi connectivity index (χ3n) is 2.69. The number of halogens is 1. The van der Waals surface area contributed by atoms with Gasteiger partial charge in [0, 0.05) is 22.8 Å². The highest BCUT2D eigenvalue weighted by Gasteiger charge is 2.15. The van der Waals surface area contributed by atoms with E-state index in [1.165, 1.54) is 0 Å². The lowest BCUT2D eigenvalue weighted by Crippen LogP contribution is -2.23. The number of nitrogens with zero attached hydrogens (tertiary/aromatic N) is 1. The Kier molecular flexibility index (Phi) is 5.33. The van der Waals surface area contributed by atoms with Crippen LogP contribution in [0.2, 0.25) is 0 Å². The van der Waals surface area contributed by atoms with Crippen molar-refractivity contribution in [3.05, 3.63) is 52.6 Å². The zero-order chi connectivity index (χ0) is 15.3. The number of nitrogens with one attached hydrogen (secondary N) is 1. The maximum absolute atomic E-state index is 12.2. The van der Waals surface area contributed by atoms with Gasteiger partial charge in [0.1, 0.15) is 0 Å². The second-order valence-corrected chi connectivity index (χ2v) is 6.87. The number of benzene rings is 1. The van der Waals surface area contributed by atoms with Crippen molar-refractivity contribution in [3.63, 3.8) is 0 Å². The lowest BCUT2D eigenvalue weighted by Gasteiger charge is -2.10. The Hall–Kier alpha value is -1.44. The number of sulfonamides is 1. The van der Waals surface area contributed by atoms with Crippen LogP contribution in [-0.2, 0) is 16.6 Å². The Morgan fingerprint density at radius 3 is 2.81 bits per heavy atom. The first kappa shape index (κ1) is 15.9. The van der Waals surface area contributed by atoms with Crippen molar-refractivity contribution in [2.75, 3.05) is 6.61 Å². The first-order valence-electron chi connectivity index (χ1n) is 6.35. The van der Waals surface area contributed by atoms with E-state index in [1.807, 2.05) is 6.92 Å². The molecule has 0 atom stereocenters. The number of pyridine rings is 1. The third kappa shape index (κ3) is 4.26. The second-order valence-electron chi connectivity index (χ2n) is 4.18. The smallest absolute Gasteiger partial charge is 0.240 e. The van der Waals surface area contributed by atoms with Gasteiger partial charge in [-0.3, -0.25) is 0 Å². The first-order chi connectivity index (χ1) is 10.0. The predicted octanol–water partition coefficient (Wildman–Crippen LogP) is 2.72. The van der Waals surface area contributed by atoms with E-state index in [0.717, 1.165) is 0 Å². The van der Waals surface area contributed by atoms with Gasteiger partial charge in [0.15, 0.2) is 0 Å². The van der Waals surface area contributed by atoms with Gasteiger partial charge in [0.2, 0.25) is 15.9 Å². The van der Waals surface area contributed by atoms with Crippen LogP contribution in [0, 0.1) is 0 Å². The fourth-order valence-electron chi connectivity index (χ4n) is 1.72. The summed E-state index contributed by atoms with van der Waals surface area (Å²) in [5.41, 5.74) is 0.693. The summed E-state index contributed by atoms with van der Waals surface area (Å²) in [6, 6.07) is 10.1. The molecule has 1 aromatic carbocycles. The van der Waals surface area contributed by atoms with Crippen LogP contribution in [0.1, 0.15) is 12.5 Å². The standard InChI is InChI=1S/C14H15BrN2O3S/c1-2-20-14-11(5-4-8-16-14)10-17-21(18,19)13-7-3-6-12(15)9-13/h3-9,17H,2,10H2,1H3. The first-order valence-corrected chi connectivity index (χ1v) is 8.62. The van der Waals surface area contributed by atoms with Crippen molar-refractivity contribution < 1.29 is 13.2 Å². The summed E-state index contributed by atoms with van der Waals surface area (Å²) in [6.07, 6.45) is 1.61. The molecule has 7 heteroatoms. The quantitative estimate of drug-likeness (QED) is 0.848. The molecular formula is C14H15BrN2O3S. The van der Waals surface area contributed by atoms with Gasteiger partial charge in [-0.25, -0.2) is 18.1 Å². The minimum atomic E-state index is -3.58. The van der Waals surface area contributed by atoms with Crippen molar-refractivity contribution in [2.45, 2.75) is 18.4 Å². The molecule has 0 fully saturated rings. The Morgan fingerprint density at radius 1 is 1.29 bits per heavy atom. The highest BCUT2D eigenvalue weighted by Crippen LogP contribution is 2.18. The topological polar surface area (TPSA) is 68.3 Å². The molecule has 5 nitrogen and oxygen atoms in total. The number of aromatic nitrogens is 1. The van der Waals surface area contributed by atoms with Crippen LogP contribution in [-0.4, -0.2) is 20.0 Å². The molecule has 0 saturated heterocycles. The summed E-state index contributed by atoms with van der Waals surface area (Å²) in [7, 11) is -3.58. The zero-order valence-electron chi connectivity index (χ0n) is 11.4. The highest BCUT2D eigenvalue weighted by molar-refractivity contribution is 9.10. The Labute approximate surface area is 132 Å². The van der Waals surface area contributed by atoms with E-state index in [2.05, 4.69) is 25.6 Å². The monoisotopic (exact) mass is 370 g/mol. The maximum atomic E-state index is 12.2. The molecule has 0 saturated carbocycles. The van der Waals surface area contributed by atoms with Crippen LogP contribution in [0.3, 0.4) is 0 Å². The van der Waals surface area contributed by atoms with Crippen LogP contribution in [0.25, 0.3) is 0 Å². The molecule has 1 heterocycles. The Bertz CT molecular complexity index is 720. The Morgan fingerprint density at radius 2 is 2.10 bits per heavy atom. The number of hydrogen-bond acceptors (Lipinski definition) is 4. The molecule has 0 aliphatic rings. The summed E-state index contributed by atoms with van der Waals surface area (Å²) in [5, 5.41) is 0. The number of hydrogen-bond donors (Lipinski definition) is 1. The van der Waals surface area contributed by atoms with Gasteiger partial charge in [0.05, 0.1) is 11.5 Å². The third-order valence-corrected chi connectivity index (χ3v) is 4.58. The molecule has 112 valence electrons. The van der Waals surface area contributed by atoms with Crippen molar-refractivity contribution in [1.29, 1.82) is 0 Å². The minimum absolute atomic E-state index is 0.123. The lowest BCUT2D eigenvalue weighted by atomic mass is 10.3. The molecule has 0 amide bonds. The van der Waals surface area contributed by atoms with Crippen LogP contribution in [0.15, 0.2) is 52.0 Å². The van der Waals surface area contributed by atoms with Crippen LogP contribution in [0.4, 0.5) is 0 Å². The fraction of sp³-hybridized carbons (Fsp3) is 0.214. The maximum Gasteiger partial charge on any atom is 0.240 e. The molecule has 0 radical (unpaired) electrons. The van der Waals surface area contributed by atoms with Crippen molar-refractivity contribution in [2.24, 2.45) is 0 Å². The van der Waals surface area contributed by atoms with Gasteiger partial charge in [0.25, 0.3) is 0 Å². The molecule has 2 rings (SSSR count). The normalized spacial score (nSPS) is 11.3. The average molecular weight is 371 g/mol. The van der Waals surface area contributed by atoms with E-state index in [1.54, 1.807) is 42.6 Å². The van der Waals surface area contributed by atoms with E-state index < -0.39 is 10.0 Å². The summed E-state index contributed by atoms with van der Waals surface area (Å²) >= 11 is 3.26. The van der Waals surface area contributed by atoms with Gasteiger partial charge >= 0.3 is 0 Å². The van der Waals surface area contributed by atoms with Gasteiger partial charge < -0.3 is 4.74 Å². The van der Waals surface area contributed by atoms with Crippen molar-refractivity contribution in [3.8, 4) is 5.88 Å². The fourth-order valence-corrected chi connectivity index (χ4v) is 3.32. The largest absolute Gasteiger partial charge is 0.478 e. The summed E-state index contributed by atoms with van der Waals surface area (Å²) in [5.74, 6) is 0.442. The number of rotatable bonds is 6. The zero-order valence-corrected chi connectivity index (χ0v) is 13.8. The SMILES string of the molecule is CCOc1ncccc1CNS(=O)(=O)c1cccc(Br)c1. The summed E-state index contributed by atoms with van der Waals surface area (Å²) in [6.45, 7) is 2.45. The second kappa shape index (κ2) is 7.02. The highest BCUT2D eigenvalue weighted by atomic mass is 79.9. The van der Waals surface area contributed by atoms with E-state index in [9.17, 15) is 8.42 Å². The minimum Gasteiger partial charge on any atom is -0.478 e. The van der Waals surface area contributed by atoms with E-state index in [0.29, 0.717) is 22.5 Å². The Balaban J connectivity index is 2.16. The van der Waals surface area contributed by atoms with Crippen LogP contribution in [0.5, 0.6) is 5.88 Å². The van der Waals surface area contributed by atoms with E-state index >= 15 is 0 Å². The van der Waals surface area contributed by atoms with Crippen LogP contribution < -0.4 is 9.46 Å². The molecule has 0 spiro atoms.